The smallest absolute Gasteiger partial charge is 0.226 e. The normalized spacial score (nSPS) is 12.5. The first-order chi connectivity index (χ1) is 10.2. The van der Waals surface area contributed by atoms with Crippen molar-refractivity contribution in [2.75, 3.05) is 17.2 Å². The zero-order valence-electron chi connectivity index (χ0n) is 11.7. The minimum atomic E-state index is 0.148. The first kappa shape index (κ1) is 14.6. The molecule has 3 aromatic rings. The molecule has 3 heterocycles. The number of rotatable bonds is 5. The lowest BCUT2D eigenvalue weighted by Crippen LogP contribution is -2.09. The predicted molar refractivity (Wildman–Crippen MR) is 92.9 cm³/mol. The topological polar surface area (TPSA) is 49.8 Å². The minimum absolute atomic E-state index is 0.148. The van der Waals surface area contributed by atoms with E-state index in [1.54, 1.807) is 22.7 Å². The highest BCUT2D eigenvalue weighted by atomic mass is 35.5. The average Bonchev–Trinajstić information content (AvgIpc) is 3.07. The summed E-state index contributed by atoms with van der Waals surface area (Å²) in [5.74, 6) is 1.51. The number of fused-ring (bicyclic) bond motifs is 1. The summed E-state index contributed by atoms with van der Waals surface area (Å²) in [5.41, 5.74) is 0. The Morgan fingerprint density at radius 1 is 1.29 bits per heavy atom. The second-order valence-corrected chi connectivity index (χ2v) is 7.21. The van der Waals surface area contributed by atoms with Crippen LogP contribution < -0.4 is 10.6 Å². The van der Waals surface area contributed by atoms with Gasteiger partial charge in [0, 0.05) is 11.4 Å². The van der Waals surface area contributed by atoms with Crippen LogP contribution in [0.3, 0.4) is 0 Å². The van der Waals surface area contributed by atoms with Gasteiger partial charge in [0.1, 0.15) is 10.6 Å². The lowest BCUT2D eigenvalue weighted by atomic mass is 10.2. The second-order valence-electron chi connectivity index (χ2n) is 4.57. The van der Waals surface area contributed by atoms with Crippen molar-refractivity contribution < 1.29 is 0 Å². The van der Waals surface area contributed by atoms with E-state index in [9.17, 15) is 0 Å². The minimum Gasteiger partial charge on any atom is -0.362 e. The number of thiophene rings is 2. The molecular weight excluding hydrogens is 324 g/mol. The van der Waals surface area contributed by atoms with Gasteiger partial charge in [-0.3, -0.25) is 0 Å². The maximum absolute atomic E-state index is 6.01. The lowest BCUT2D eigenvalue weighted by molar-refractivity contribution is 0.897. The molecule has 0 amide bonds. The standard InChI is InChI=1S/C14H15ClN4S2/c1-3-16-14-18-12(9-6-7-20-13(9)19-14)17-8(2)10-4-5-11(15)21-10/h4-8H,3H2,1-2H3,(H2,16,17,18,19). The molecule has 0 aromatic carbocycles. The van der Waals surface area contributed by atoms with Gasteiger partial charge in [-0.1, -0.05) is 11.6 Å². The molecule has 21 heavy (non-hydrogen) atoms. The number of hydrogen-bond acceptors (Lipinski definition) is 6. The summed E-state index contributed by atoms with van der Waals surface area (Å²) in [7, 11) is 0. The van der Waals surface area contributed by atoms with Gasteiger partial charge in [0.25, 0.3) is 0 Å². The van der Waals surface area contributed by atoms with Crippen molar-refractivity contribution in [3.8, 4) is 0 Å². The Bertz CT molecular complexity index is 752. The molecule has 0 aliphatic heterocycles. The maximum Gasteiger partial charge on any atom is 0.226 e. The van der Waals surface area contributed by atoms with Crippen LogP contribution in [0.5, 0.6) is 0 Å². The zero-order chi connectivity index (χ0) is 14.8. The zero-order valence-corrected chi connectivity index (χ0v) is 14.1. The van der Waals surface area contributed by atoms with Crippen molar-refractivity contribution in [1.29, 1.82) is 0 Å². The third-order valence-electron chi connectivity index (χ3n) is 3.03. The van der Waals surface area contributed by atoms with Crippen LogP contribution in [-0.4, -0.2) is 16.5 Å². The largest absolute Gasteiger partial charge is 0.362 e. The molecule has 0 saturated carbocycles. The van der Waals surface area contributed by atoms with Crippen LogP contribution in [0.1, 0.15) is 24.8 Å². The van der Waals surface area contributed by atoms with E-state index in [1.807, 2.05) is 30.5 Å². The van der Waals surface area contributed by atoms with Crippen molar-refractivity contribution in [3.05, 3.63) is 32.8 Å². The van der Waals surface area contributed by atoms with Crippen molar-refractivity contribution in [2.45, 2.75) is 19.9 Å². The molecule has 2 N–H and O–H groups in total. The Kier molecular flexibility index (Phi) is 4.28. The number of aromatic nitrogens is 2. The molecule has 4 nitrogen and oxygen atoms in total. The van der Waals surface area contributed by atoms with Gasteiger partial charge in [0.2, 0.25) is 5.95 Å². The Hall–Kier alpha value is -1.37. The molecule has 0 bridgehead atoms. The monoisotopic (exact) mass is 338 g/mol. The van der Waals surface area contributed by atoms with Gasteiger partial charge >= 0.3 is 0 Å². The molecule has 7 heteroatoms. The fourth-order valence-corrected chi connectivity index (χ4v) is 3.87. The molecule has 0 spiro atoms. The van der Waals surface area contributed by atoms with Gasteiger partial charge in [0.05, 0.1) is 15.8 Å². The number of nitrogens with one attached hydrogen (secondary N) is 2. The van der Waals surface area contributed by atoms with E-state index in [0.717, 1.165) is 26.9 Å². The van der Waals surface area contributed by atoms with E-state index in [2.05, 4.69) is 27.5 Å². The molecule has 0 saturated heterocycles. The first-order valence-electron chi connectivity index (χ1n) is 6.68. The van der Waals surface area contributed by atoms with Crippen LogP contribution in [0.15, 0.2) is 23.6 Å². The van der Waals surface area contributed by atoms with Gasteiger partial charge in [-0.05, 0) is 37.4 Å². The number of nitrogens with zero attached hydrogens (tertiary/aromatic N) is 2. The Morgan fingerprint density at radius 3 is 2.86 bits per heavy atom. The predicted octanol–water partition coefficient (Wildman–Crippen LogP) is 5.01. The molecule has 0 radical (unpaired) electrons. The van der Waals surface area contributed by atoms with E-state index < -0.39 is 0 Å². The first-order valence-corrected chi connectivity index (χ1v) is 8.75. The molecular formula is C14H15ClN4S2. The Morgan fingerprint density at radius 2 is 2.14 bits per heavy atom. The highest BCUT2D eigenvalue weighted by Gasteiger charge is 2.13. The molecule has 110 valence electrons. The van der Waals surface area contributed by atoms with Crippen LogP contribution in [0.25, 0.3) is 10.2 Å². The van der Waals surface area contributed by atoms with Gasteiger partial charge in [-0.15, -0.1) is 22.7 Å². The third kappa shape index (κ3) is 3.12. The number of hydrogen-bond donors (Lipinski definition) is 2. The summed E-state index contributed by atoms with van der Waals surface area (Å²) in [6.45, 7) is 4.94. The number of anilines is 2. The molecule has 0 fully saturated rings. The van der Waals surface area contributed by atoms with Crippen LogP contribution in [0, 0.1) is 0 Å². The SMILES string of the molecule is CCNc1nc(NC(C)c2ccc(Cl)s2)c2ccsc2n1. The van der Waals surface area contributed by atoms with Gasteiger partial charge in [-0.25, -0.2) is 4.98 Å². The third-order valence-corrected chi connectivity index (χ3v) is 5.25. The summed E-state index contributed by atoms with van der Waals surface area (Å²) < 4.78 is 0.801. The van der Waals surface area contributed by atoms with Crippen molar-refractivity contribution in [1.82, 2.24) is 9.97 Å². The Labute approximate surface area is 136 Å². The van der Waals surface area contributed by atoms with Gasteiger partial charge in [-0.2, -0.15) is 4.98 Å². The average molecular weight is 339 g/mol. The fourth-order valence-electron chi connectivity index (χ4n) is 2.04. The van der Waals surface area contributed by atoms with Crippen LogP contribution in [-0.2, 0) is 0 Å². The summed E-state index contributed by atoms with van der Waals surface area (Å²) >= 11 is 9.21. The quantitative estimate of drug-likeness (QED) is 0.686. The lowest BCUT2D eigenvalue weighted by Gasteiger charge is -2.14. The summed E-state index contributed by atoms with van der Waals surface area (Å²) in [6, 6.07) is 6.16. The van der Waals surface area contributed by atoms with E-state index >= 15 is 0 Å². The summed E-state index contributed by atoms with van der Waals surface area (Å²) in [4.78, 5) is 11.3. The maximum atomic E-state index is 6.01. The summed E-state index contributed by atoms with van der Waals surface area (Å²) in [6.07, 6.45) is 0. The van der Waals surface area contributed by atoms with E-state index in [-0.39, 0.29) is 6.04 Å². The summed E-state index contributed by atoms with van der Waals surface area (Å²) in [5, 5.41) is 9.73. The Balaban J connectivity index is 1.93. The number of halogens is 1. The van der Waals surface area contributed by atoms with Crippen molar-refractivity contribution >= 4 is 56.3 Å². The molecule has 0 aliphatic rings. The van der Waals surface area contributed by atoms with E-state index in [4.69, 9.17) is 11.6 Å². The molecule has 1 atom stereocenters. The molecule has 3 aromatic heterocycles. The molecule has 1 unspecified atom stereocenters. The van der Waals surface area contributed by atoms with Crippen LogP contribution in [0.4, 0.5) is 11.8 Å². The van der Waals surface area contributed by atoms with E-state index in [0.29, 0.717) is 5.95 Å². The second kappa shape index (κ2) is 6.17. The highest BCUT2D eigenvalue weighted by molar-refractivity contribution is 7.17. The highest BCUT2D eigenvalue weighted by Crippen LogP contribution is 2.32. The molecule has 0 aliphatic carbocycles. The van der Waals surface area contributed by atoms with E-state index in [1.165, 1.54) is 4.88 Å². The molecule has 3 rings (SSSR count). The van der Waals surface area contributed by atoms with Crippen LogP contribution in [0.2, 0.25) is 4.34 Å². The fraction of sp³-hybridized carbons (Fsp3) is 0.286. The van der Waals surface area contributed by atoms with Crippen LogP contribution >= 0.6 is 34.3 Å². The van der Waals surface area contributed by atoms with Gasteiger partial charge < -0.3 is 10.6 Å². The van der Waals surface area contributed by atoms with Gasteiger partial charge in [0.15, 0.2) is 0 Å². The van der Waals surface area contributed by atoms with Crippen molar-refractivity contribution in [3.63, 3.8) is 0 Å². The van der Waals surface area contributed by atoms with Crippen molar-refractivity contribution in [2.24, 2.45) is 0 Å².